The largest absolute Gasteiger partial charge is 0.356 e. The van der Waals surface area contributed by atoms with E-state index in [4.69, 9.17) is 0 Å². The molecule has 0 aromatic rings. The molecule has 6 nitrogen and oxygen atoms in total. The summed E-state index contributed by atoms with van der Waals surface area (Å²) in [5.41, 5.74) is -0.838. The van der Waals surface area contributed by atoms with Gasteiger partial charge in [-0.25, -0.2) is 0 Å². The van der Waals surface area contributed by atoms with Crippen LogP contribution in [0.3, 0.4) is 0 Å². The van der Waals surface area contributed by atoms with Crippen LogP contribution in [0, 0.1) is 23.2 Å². The van der Waals surface area contributed by atoms with Gasteiger partial charge in [-0.1, -0.05) is 20.8 Å². The predicted molar refractivity (Wildman–Crippen MR) is 89.5 cm³/mol. The zero-order valence-electron chi connectivity index (χ0n) is 14.8. The van der Waals surface area contributed by atoms with E-state index in [9.17, 15) is 14.9 Å². The Morgan fingerprint density at radius 2 is 1.96 bits per heavy atom. The molecule has 0 spiro atoms. The normalized spacial score (nSPS) is 19.0. The number of rotatable bonds is 7. The fourth-order valence-corrected chi connectivity index (χ4v) is 2.58. The van der Waals surface area contributed by atoms with Crippen molar-refractivity contribution in [2.75, 3.05) is 26.2 Å². The van der Waals surface area contributed by atoms with Gasteiger partial charge in [-0.2, -0.15) is 5.26 Å². The number of nitriles is 1. The van der Waals surface area contributed by atoms with Crippen molar-refractivity contribution in [1.82, 2.24) is 15.5 Å². The molecule has 0 aromatic carbocycles. The van der Waals surface area contributed by atoms with Gasteiger partial charge in [0.15, 0.2) is 0 Å². The summed E-state index contributed by atoms with van der Waals surface area (Å²) in [5, 5.41) is 15.0. The zero-order chi connectivity index (χ0) is 17.5. The lowest BCUT2D eigenvalue weighted by Crippen LogP contribution is -2.52. The van der Waals surface area contributed by atoms with Crippen molar-refractivity contribution >= 4 is 11.8 Å². The minimum absolute atomic E-state index is 0.0458. The van der Waals surface area contributed by atoms with Gasteiger partial charge in [0.05, 0.1) is 12.6 Å². The van der Waals surface area contributed by atoms with Crippen LogP contribution in [0.15, 0.2) is 0 Å². The van der Waals surface area contributed by atoms with E-state index >= 15 is 0 Å². The molecular weight excluding hydrogens is 292 g/mol. The van der Waals surface area contributed by atoms with Crippen LogP contribution in [-0.4, -0.2) is 48.4 Å². The van der Waals surface area contributed by atoms with Crippen LogP contribution in [-0.2, 0) is 9.59 Å². The monoisotopic (exact) mass is 322 g/mol. The third-order valence-electron chi connectivity index (χ3n) is 4.66. The lowest BCUT2D eigenvalue weighted by molar-refractivity contribution is -0.127. The van der Waals surface area contributed by atoms with Crippen LogP contribution >= 0.6 is 0 Å². The SMILES string of the molecule is CCCNC(=O)C1CCN(CC(=O)NC(C)(C#N)C(C)C)CC1. The molecule has 1 atom stereocenters. The second-order valence-corrected chi connectivity index (χ2v) is 6.86. The smallest absolute Gasteiger partial charge is 0.235 e. The summed E-state index contributed by atoms with van der Waals surface area (Å²) in [6.45, 7) is 10.1. The first kappa shape index (κ1) is 19.4. The van der Waals surface area contributed by atoms with Crippen molar-refractivity contribution in [1.29, 1.82) is 5.26 Å². The Bertz CT molecular complexity index is 450. The van der Waals surface area contributed by atoms with Gasteiger partial charge in [-0.05, 0) is 45.2 Å². The van der Waals surface area contributed by atoms with Crippen molar-refractivity contribution in [2.24, 2.45) is 11.8 Å². The van der Waals surface area contributed by atoms with E-state index in [1.54, 1.807) is 6.92 Å². The third-order valence-corrected chi connectivity index (χ3v) is 4.66. The molecule has 130 valence electrons. The van der Waals surface area contributed by atoms with Crippen molar-refractivity contribution < 1.29 is 9.59 Å². The highest BCUT2D eigenvalue weighted by Gasteiger charge is 2.31. The lowest BCUT2D eigenvalue weighted by atomic mass is 9.90. The Morgan fingerprint density at radius 3 is 2.43 bits per heavy atom. The quantitative estimate of drug-likeness (QED) is 0.739. The van der Waals surface area contributed by atoms with Gasteiger partial charge in [-0.3, -0.25) is 14.5 Å². The summed E-state index contributed by atoms with van der Waals surface area (Å²) in [4.78, 5) is 26.2. The average Bonchev–Trinajstić information content (AvgIpc) is 2.52. The molecule has 1 aliphatic heterocycles. The minimum Gasteiger partial charge on any atom is -0.356 e. The van der Waals surface area contributed by atoms with Crippen LogP contribution in [0.5, 0.6) is 0 Å². The Kier molecular flexibility index (Phi) is 7.50. The van der Waals surface area contributed by atoms with Crippen molar-refractivity contribution in [3.63, 3.8) is 0 Å². The standard InChI is InChI=1S/C17H30N4O2/c1-5-8-19-16(23)14-6-9-21(10-7-14)11-15(22)20-17(4,12-18)13(2)3/h13-14H,5-11H2,1-4H3,(H,19,23)(H,20,22). The number of nitrogens with one attached hydrogen (secondary N) is 2. The van der Waals surface area contributed by atoms with E-state index in [1.807, 2.05) is 20.8 Å². The minimum atomic E-state index is -0.838. The molecule has 0 bridgehead atoms. The fraction of sp³-hybridized carbons (Fsp3) is 0.824. The highest BCUT2D eigenvalue weighted by Crippen LogP contribution is 2.18. The summed E-state index contributed by atoms with van der Waals surface area (Å²) >= 11 is 0. The molecule has 1 rings (SSSR count). The van der Waals surface area contributed by atoms with E-state index in [-0.39, 0.29) is 30.2 Å². The first-order valence-corrected chi connectivity index (χ1v) is 8.54. The maximum Gasteiger partial charge on any atom is 0.235 e. The van der Waals surface area contributed by atoms with E-state index in [0.29, 0.717) is 0 Å². The maximum absolute atomic E-state index is 12.2. The van der Waals surface area contributed by atoms with Crippen LogP contribution < -0.4 is 10.6 Å². The number of hydrogen-bond donors (Lipinski definition) is 2. The van der Waals surface area contributed by atoms with Gasteiger partial charge in [0, 0.05) is 12.5 Å². The third kappa shape index (κ3) is 5.83. The van der Waals surface area contributed by atoms with Gasteiger partial charge < -0.3 is 10.6 Å². The highest BCUT2D eigenvalue weighted by atomic mass is 16.2. The van der Waals surface area contributed by atoms with Gasteiger partial charge in [-0.15, -0.1) is 0 Å². The van der Waals surface area contributed by atoms with Crippen molar-refractivity contribution in [3.05, 3.63) is 0 Å². The summed E-state index contributed by atoms with van der Waals surface area (Å²) in [6, 6.07) is 2.18. The summed E-state index contributed by atoms with van der Waals surface area (Å²) in [7, 11) is 0. The molecule has 1 fully saturated rings. The van der Waals surface area contributed by atoms with E-state index in [2.05, 4.69) is 21.6 Å². The summed E-state index contributed by atoms with van der Waals surface area (Å²) in [6.07, 6.45) is 2.50. The number of carbonyl (C=O) groups is 2. The molecular formula is C17H30N4O2. The topological polar surface area (TPSA) is 85.2 Å². The zero-order valence-corrected chi connectivity index (χ0v) is 14.8. The summed E-state index contributed by atoms with van der Waals surface area (Å²) in [5.74, 6) is 0.106. The van der Waals surface area contributed by atoms with Gasteiger partial charge in [0.25, 0.3) is 0 Å². The Balaban J connectivity index is 2.40. The van der Waals surface area contributed by atoms with Crippen LogP contribution in [0.1, 0.15) is 47.0 Å². The van der Waals surface area contributed by atoms with E-state index in [0.717, 1.165) is 38.9 Å². The van der Waals surface area contributed by atoms with Gasteiger partial charge in [0.1, 0.15) is 5.54 Å². The molecule has 1 aliphatic rings. The molecule has 23 heavy (non-hydrogen) atoms. The molecule has 1 unspecified atom stereocenters. The number of piperidine rings is 1. The van der Waals surface area contributed by atoms with Crippen molar-refractivity contribution in [2.45, 2.75) is 52.5 Å². The molecule has 1 saturated heterocycles. The average molecular weight is 322 g/mol. The second kappa shape index (κ2) is 8.88. The Labute approximate surface area is 139 Å². The first-order chi connectivity index (χ1) is 10.8. The highest BCUT2D eigenvalue weighted by molar-refractivity contribution is 5.80. The van der Waals surface area contributed by atoms with Crippen molar-refractivity contribution in [3.8, 4) is 6.07 Å². The lowest BCUT2D eigenvalue weighted by Gasteiger charge is -2.32. The van der Waals surface area contributed by atoms with Crippen LogP contribution in [0.25, 0.3) is 0 Å². The molecule has 2 N–H and O–H groups in total. The molecule has 0 aliphatic carbocycles. The Morgan fingerprint density at radius 1 is 1.35 bits per heavy atom. The number of nitrogens with zero attached hydrogens (tertiary/aromatic N) is 2. The van der Waals surface area contributed by atoms with E-state index in [1.165, 1.54) is 0 Å². The molecule has 1 heterocycles. The second-order valence-electron chi connectivity index (χ2n) is 6.86. The van der Waals surface area contributed by atoms with Gasteiger partial charge >= 0.3 is 0 Å². The van der Waals surface area contributed by atoms with Crippen LogP contribution in [0.4, 0.5) is 0 Å². The molecule has 0 radical (unpaired) electrons. The molecule has 2 amide bonds. The fourth-order valence-electron chi connectivity index (χ4n) is 2.58. The number of hydrogen-bond acceptors (Lipinski definition) is 4. The number of likely N-dealkylation sites (tertiary alicyclic amines) is 1. The molecule has 6 heteroatoms. The van der Waals surface area contributed by atoms with Crippen LogP contribution in [0.2, 0.25) is 0 Å². The first-order valence-electron chi connectivity index (χ1n) is 8.54. The number of carbonyl (C=O) groups excluding carboxylic acids is 2. The van der Waals surface area contributed by atoms with Gasteiger partial charge in [0.2, 0.25) is 11.8 Å². The predicted octanol–water partition coefficient (Wildman–Crippen LogP) is 1.28. The summed E-state index contributed by atoms with van der Waals surface area (Å²) < 4.78 is 0. The number of amides is 2. The maximum atomic E-state index is 12.2. The van der Waals surface area contributed by atoms with E-state index < -0.39 is 5.54 Å². The molecule has 0 aromatic heterocycles. The Hall–Kier alpha value is -1.61. The molecule has 0 saturated carbocycles.